The van der Waals surface area contributed by atoms with Gasteiger partial charge >= 0.3 is 5.97 Å². The van der Waals surface area contributed by atoms with Crippen LogP contribution in [-0.2, 0) is 9.53 Å². The molecule has 1 unspecified atom stereocenters. The van der Waals surface area contributed by atoms with Crippen molar-refractivity contribution in [2.45, 2.75) is 6.04 Å². The van der Waals surface area contributed by atoms with Crippen LogP contribution in [0.2, 0.25) is 0 Å². The van der Waals surface area contributed by atoms with Crippen molar-refractivity contribution in [3.05, 3.63) is 58.5 Å². The second kappa shape index (κ2) is 6.38. The molecule has 0 radical (unpaired) electrons. The molecule has 0 aliphatic rings. The van der Waals surface area contributed by atoms with E-state index in [4.69, 9.17) is 9.15 Å². The van der Waals surface area contributed by atoms with Crippen molar-refractivity contribution in [3.8, 4) is 0 Å². The zero-order valence-electron chi connectivity index (χ0n) is 10.6. The molecule has 0 saturated carbocycles. The molecule has 0 aliphatic heterocycles. The summed E-state index contributed by atoms with van der Waals surface area (Å²) in [4.78, 5) is 24.0. The highest BCUT2D eigenvalue weighted by Crippen LogP contribution is 2.20. The van der Waals surface area contributed by atoms with Crippen molar-refractivity contribution < 1.29 is 18.7 Å². The Kier molecular flexibility index (Phi) is 4.57. The lowest BCUT2D eigenvalue weighted by Crippen LogP contribution is -2.34. The average molecular weight is 338 g/mol. The molecule has 1 aromatic carbocycles. The third kappa shape index (κ3) is 3.08. The Bertz CT molecular complexity index is 609. The van der Waals surface area contributed by atoms with E-state index < -0.39 is 17.9 Å². The molecule has 0 saturated heterocycles. The van der Waals surface area contributed by atoms with Crippen LogP contribution in [0.1, 0.15) is 22.0 Å². The Morgan fingerprint density at radius 2 is 1.95 bits per heavy atom. The van der Waals surface area contributed by atoms with E-state index in [1.54, 1.807) is 24.3 Å². The molecule has 0 bridgehead atoms. The van der Waals surface area contributed by atoms with E-state index in [-0.39, 0.29) is 0 Å². The van der Waals surface area contributed by atoms with Gasteiger partial charge in [0.25, 0.3) is 5.91 Å². The Balaban J connectivity index is 2.23. The van der Waals surface area contributed by atoms with Gasteiger partial charge < -0.3 is 14.5 Å². The summed E-state index contributed by atoms with van der Waals surface area (Å²) >= 11 is 3.12. The number of hydrogen-bond donors (Lipinski definition) is 1. The summed E-state index contributed by atoms with van der Waals surface area (Å²) in [6.07, 6.45) is 1.38. The topological polar surface area (TPSA) is 68.5 Å². The number of esters is 1. The summed E-state index contributed by atoms with van der Waals surface area (Å²) in [5.41, 5.74) is 0.960. The second-order valence-corrected chi connectivity index (χ2v) is 4.67. The summed E-state index contributed by atoms with van der Waals surface area (Å²) in [5, 5.41) is 2.62. The normalized spacial score (nSPS) is 11.7. The van der Waals surface area contributed by atoms with E-state index in [1.807, 2.05) is 6.07 Å². The van der Waals surface area contributed by atoms with E-state index in [0.717, 1.165) is 0 Å². The predicted molar refractivity (Wildman–Crippen MR) is 75.1 cm³/mol. The van der Waals surface area contributed by atoms with Crippen molar-refractivity contribution in [1.82, 2.24) is 5.32 Å². The fourth-order valence-electron chi connectivity index (χ4n) is 1.71. The molecular formula is C14H12BrNO4. The van der Waals surface area contributed by atoms with E-state index in [0.29, 0.717) is 15.8 Å². The van der Waals surface area contributed by atoms with Gasteiger partial charge in [-0.3, -0.25) is 4.79 Å². The highest BCUT2D eigenvalue weighted by atomic mass is 79.9. The number of methoxy groups -OCH3 is 1. The summed E-state index contributed by atoms with van der Waals surface area (Å²) in [5.74, 6) is -0.964. The van der Waals surface area contributed by atoms with E-state index in [2.05, 4.69) is 21.2 Å². The standard InChI is InChI=1S/C14H12BrNO4/c1-19-14(18)11(9-5-3-2-4-6-9)16-13(17)10-7-8-20-12(10)15/h2-8,11H,1H3,(H,16,17). The third-order valence-electron chi connectivity index (χ3n) is 2.71. The minimum absolute atomic E-state index is 0.312. The molecule has 1 heterocycles. The number of carbonyl (C=O) groups excluding carboxylic acids is 2. The fraction of sp³-hybridized carbons (Fsp3) is 0.143. The van der Waals surface area contributed by atoms with Gasteiger partial charge in [-0.2, -0.15) is 0 Å². The van der Waals surface area contributed by atoms with Gasteiger partial charge in [-0.05, 0) is 27.6 Å². The Hall–Kier alpha value is -2.08. The number of carbonyl (C=O) groups is 2. The number of nitrogens with one attached hydrogen (secondary N) is 1. The van der Waals surface area contributed by atoms with Crippen LogP contribution < -0.4 is 5.32 Å². The van der Waals surface area contributed by atoms with Gasteiger partial charge in [0.05, 0.1) is 18.9 Å². The minimum atomic E-state index is -0.865. The van der Waals surface area contributed by atoms with Crippen molar-refractivity contribution in [2.24, 2.45) is 0 Å². The molecular weight excluding hydrogens is 326 g/mol. The molecule has 0 spiro atoms. The van der Waals surface area contributed by atoms with Crippen LogP contribution in [0.5, 0.6) is 0 Å². The molecule has 0 aliphatic carbocycles. The minimum Gasteiger partial charge on any atom is -0.467 e. The van der Waals surface area contributed by atoms with Gasteiger partial charge in [0, 0.05) is 0 Å². The van der Waals surface area contributed by atoms with E-state index in [9.17, 15) is 9.59 Å². The molecule has 6 heteroatoms. The number of rotatable bonds is 4. The molecule has 2 rings (SSSR count). The number of hydrogen-bond acceptors (Lipinski definition) is 4. The highest BCUT2D eigenvalue weighted by molar-refractivity contribution is 9.10. The lowest BCUT2D eigenvalue weighted by molar-refractivity contribution is -0.143. The Labute approximate surface area is 124 Å². The van der Waals surface area contributed by atoms with E-state index in [1.165, 1.54) is 19.4 Å². The number of benzene rings is 1. The zero-order chi connectivity index (χ0) is 14.5. The second-order valence-electron chi connectivity index (χ2n) is 3.95. The lowest BCUT2D eigenvalue weighted by atomic mass is 10.1. The smallest absolute Gasteiger partial charge is 0.333 e. The van der Waals surface area contributed by atoms with Crippen LogP contribution in [0.15, 0.2) is 51.7 Å². The van der Waals surface area contributed by atoms with Gasteiger partial charge in [-0.1, -0.05) is 30.3 Å². The number of ether oxygens (including phenoxy) is 1. The molecule has 1 atom stereocenters. The van der Waals surface area contributed by atoms with Crippen molar-refractivity contribution in [2.75, 3.05) is 7.11 Å². The molecule has 5 nitrogen and oxygen atoms in total. The molecule has 1 aromatic heterocycles. The first kappa shape index (κ1) is 14.3. The zero-order valence-corrected chi connectivity index (χ0v) is 12.2. The van der Waals surface area contributed by atoms with Gasteiger partial charge in [0.2, 0.25) is 0 Å². The van der Waals surface area contributed by atoms with Gasteiger partial charge in [-0.15, -0.1) is 0 Å². The van der Waals surface area contributed by atoms with Crippen molar-refractivity contribution in [3.63, 3.8) is 0 Å². The van der Waals surface area contributed by atoms with Gasteiger partial charge in [0.15, 0.2) is 10.7 Å². The monoisotopic (exact) mass is 337 g/mol. The Morgan fingerprint density at radius 1 is 1.25 bits per heavy atom. The maximum absolute atomic E-state index is 12.1. The molecule has 0 fully saturated rings. The summed E-state index contributed by atoms with van der Waals surface area (Å²) < 4.78 is 10.0. The SMILES string of the molecule is COC(=O)C(NC(=O)c1ccoc1Br)c1ccccc1. The molecule has 1 amide bonds. The molecule has 1 N–H and O–H groups in total. The fourth-order valence-corrected chi connectivity index (χ4v) is 2.13. The quantitative estimate of drug-likeness (QED) is 0.871. The van der Waals surface area contributed by atoms with Crippen LogP contribution in [0.25, 0.3) is 0 Å². The molecule has 2 aromatic rings. The predicted octanol–water partition coefficient (Wildman–Crippen LogP) is 2.69. The van der Waals surface area contributed by atoms with Crippen LogP contribution >= 0.6 is 15.9 Å². The first-order valence-corrected chi connectivity index (χ1v) is 6.59. The van der Waals surface area contributed by atoms with Gasteiger partial charge in [0.1, 0.15) is 0 Å². The maximum Gasteiger partial charge on any atom is 0.333 e. The highest BCUT2D eigenvalue weighted by Gasteiger charge is 2.25. The van der Waals surface area contributed by atoms with Crippen LogP contribution in [-0.4, -0.2) is 19.0 Å². The number of furan rings is 1. The number of amides is 1. The molecule has 104 valence electrons. The first-order valence-electron chi connectivity index (χ1n) is 5.80. The van der Waals surface area contributed by atoms with Crippen LogP contribution in [0.4, 0.5) is 0 Å². The van der Waals surface area contributed by atoms with Crippen LogP contribution in [0, 0.1) is 0 Å². The Morgan fingerprint density at radius 3 is 2.50 bits per heavy atom. The maximum atomic E-state index is 12.1. The van der Waals surface area contributed by atoms with Crippen LogP contribution in [0.3, 0.4) is 0 Å². The van der Waals surface area contributed by atoms with E-state index >= 15 is 0 Å². The summed E-state index contributed by atoms with van der Waals surface area (Å²) in [7, 11) is 1.28. The van der Waals surface area contributed by atoms with Crippen molar-refractivity contribution >= 4 is 27.8 Å². The van der Waals surface area contributed by atoms with Gasteiger partial charge in [-0.25, -0.2) is 4.79 Å². The largest absolute Gasteiger partial charge is 0.467 e. The summed E-state index contributed by atoms with van der Waals surface area (Å²) in [6, 6.07) is 9.52. The first-order chi connectivity index (χ1) is 9.63. The van der Waals surface area contributed by atoms with Crippen molar-refractivity contribution in [1.29, 1.82) is 0 Å². The summed E-state index contributed by atoms with van der Waals surface area (Å²) in [6.45, 7) is 0. The lowest BCUT2D eigenvalue weighted by Gasteiger charge is -2.16. The molecule has 20 heavy (non-hydrogen) atoms. The third-order valence-corrected chi connectivity index (χ3v) is 3.32. The average Bonchev–Trinajstić information content (AvgIpc) is 2.91. The number of halogens is 1.